The summed E-state index contributed by atoms with van der Waals surface area (Å²) < 4.78 is 9.80. The third-order valence-electron chi connectivity index (χ3n) is 5.71. The maximum absolute atomic E-state index is 5.94. The molecule has 2 aromatic carbocycles. The molecule has 1 N–H and O–H groups in total. The van der Waals surface area contributed by atoms with Gasteiger partial charge in [0.25, 0.3) is 0 Å². The number of ether oxygens (including phenoxy) is 1. The Balaban J connectivity index is 1.35. The number of anilines is 2. The lowest BCUT2D eigenvalue weighted by molar-refractivity contribution is -0.0366. The zero-order valence-electron chi connectivity index (χ0n) is 17.0. The van der Waals surface area contributed by atoms with E-state index in [1.54, 1.807) is 0 Å². The quantitative estimate of drug-likeness (QED) is 0.442. The largest absolute Gasteiger partial charge is 0.356 e. The lowest BCUT2D eigenvalue weighted by atomic mass is 10.1. The third-order valence-corrected chi connectivity index (χ3v) is 5.71. The van der Waals surface area contributed by atoms with Crippen LogP contribution in [0.2, 0.25) is 0 Å². The van der Waals surface area contributed by atoms with Crippen molar-refractivity contribution in [3.63, 3.8) is 0 Å². The summed E-state index contributed by atoms with van der Waals surface area (Å²) in [7, 11) is 0. The molecule has 154 valence electrons. The van der Waals surface area contributed by atoms with Crippen LogP contribution < -0.4 is 5.32 Å². The van der Waals surface area contributed by atoms with Gasteiger partial charge in [-0.2, -0.15) is 10.1 Å². The molecular weight excluding hydrogens is 388 g/mol. The van der Waals surface area contributed by atoms with Crippen LogP contribution in [0.25, 0.3) is 27.8 Å². The number of benzene rings is 2. The predicted molar refractivity (Wildman–Crippen MR) is 120 cm³/mol. The van der Waals surface area contributed by atoms with Crippen molar-refractivity contribution in [1.29, 1.82) is 0 Å². The number of hydrogen-bond donors (Lipinski definition) is 1. The van der Waals surface area contributed by atoms with Crippen LogP contribution in [-0.4, -0.2) is 31.0 Å². The van der Waals surface area contributed by atoms with E-state index in [2.05, 4.69) is 45.7 Å². The molecule has 7 nitrogen and oxygen atoms in total. The molecule has 5 aromatic rings. The topological polar surface area (TPSA) is 69.3 Å². The first-order valence-electron chi connectivity index (χ1n) is 10.6. The second-order valence-electron chi connectivity index (χ2n) is 7.79. The molecule has 1 unspecified atom stereocenters. The van der Waals surface area contributed by atoms with Gasteiger partial charge in [-0.25, -0.2) is 9.20 Å². The molecule has 0 radical (unpaired) electrons. The Morgan fingerprint density at radius 1 is 0.968 bits per heavy atom. The number of nitrogens with one attached hydrogen (secondary N) is 1. The van der Waals surface area contributed by atoms with Crippen LogP contribution in [0.15, 0.2) is 72.9 Å². The van der Waals surface area contributed by atoms with Crippen LogP contribution in [0, 0.1) is 0 Å². The number of aromatic nitrogens is 5. The first-order valence-corrected chi connectivity index (χ1v) is 10.6. The summed E-state index contributed by atoms with van der Waals surface area (Å²) in [5, 5.41) is 13.7. The van der Waals surface area contributed by atoms with E-state index in [4.69, 9.17) is 9.84 Å². The smallest absolute Gasteiger partial charge is 0.247 e. The highest BCUT2D eigenvalue weighted by Gasteiger charge is 2.19. The van der Waals surface area contributed by atoms with E-state index in [1.807, 2.05) is 51.8 Å². The molecule has 1 atom stereocenters. The normalized spacial score (nSPS) is 16.7. The minimum absolute atomic E-state index is 0.00301. The average molecular weight is 410 g/mol. The van der Waals surface area contributed by atoms with Gasteiger partial charge < -0.3 is 10.1 Å². The summed E-state index contributed by atoms with van der Waals surface area (Å²) in [5.74, 6) is 0.558. The number of nitrogens with zero attached hydrogens (tertiary/aromatic N) is 5. The van der Waals surface area contributed by atoms with E-state index < -0.39 is 0 Å². The van der Waals surface area contributed by atoms with Gasteiger partial charge in [-0.3, -0.25) is 0 Å². The fraction of sp³-hybridized carbons (Fsp3) is 0.208. The molecular formula is C24H22N6O. The summed E-state index contributed by atoms with van der Waals surface area (Å²) in [5.41, 5.74) is 4.86. The lowest BCUT2D eigenvalue weighted by Gasteiger charge is -2.23. The SMILES string of the molecule is c1ccc(-c2cccc3nc(Nc4ccc5cnn(C6CCCCO6)c5c4)nn23)cc1. The fourth-order valence-electron chi connectivity index (χ4n) is 4.18. The van der Waals surface area contributed by atoms with Gasteiger partial charge in [0.1, 0.15) is 0 Å². The molecule has 1 aliphatic heterocycles. The van der Waals surface area contributed by atoms with Gasteiger partial charge in [0.2, 0.25) is 5.95 Å². The highest BCUT2D eigenvalue weighted by atomic mass is 16.5. The van der Waals surface area contributed by atoms with Gasteiger partial charge in [-0.1, -0.05) is 36.4 Å². The van der Waals surface area contributed by atoms with E-state index >= 15 is 0 Å². The van der Waals surface area contributed by atoms with E-state index in [-0.39, 0.29) is 6.23 Å². The van der Waals surface area contributed by atoms with Gasteiger partial charge >= 0.3 is 0 Å². The van der Waals surface area contributed by atoms with Crippen molar-refractivity contribution < 1.29 is 4.74 Å². The molecule has 6 rings (SSSR count). The summed E-state index contributed by atoms with van der Waals surface area (Å²) in [6.45, 7) is 0.791. The monoisotopic (exact) mass is 410 g/mol. The van der Waals surface area contributed by atoms with Crippen molar-refractivity contribution in [1.82, 2.24) is 24.4 Å². The molecule has 0 amide bonds. The van der Waals surface area contributed by atoms with E-state index in [1.165, 1.54) is 6.42 Å². The van der Waals surface area contributed by atoms with Crippen molar-refractivity contribution in [2.24, 2.45) is 0 Å². The fourth-order valence-corrected chi connectivity index (χ4v) is 4.18. The van der Waals surface area contributed by atoms with Crippen LogP contribution in [0.4, 0.5) is 11.6 Å². The maximum atomic E-state index is 5.94. The van der Waals surface area contributed by atoms with Crippen LogP contribution >= 0.6 is 0 Å². The Bertz CT molecular complexity index is 1350. The average Bonchev–Trinajstić information content (AvgIpc) is 3.43. The van der Waals surface area contributed by atoms with Crippen molar-refractivity contribution in [3.05, 3.63) is 72.9 Å². The summed E-state index contributed by atoms with van der Waals surface area (Å²) in [6, 6.07) is 22.4. The minimum atomic E-state index is 0.00301. The van der Waals surface area contributed by atoms with E-state index in [0.717, 1.165) is 52.9 Å². The number of rotatable bonds is 4. The van der Waals surface area contributed by atoms with E-state index in [9.17, 15) is 0 Å². The Labute approximate surface area is 179 Å². The summed E-state index contributed by atoms with van der Waals surface area (Å²) in [6.07, 6.45) is 5.17. The standard InChI is InChI=1S/C24H22N6O/c1-2-7-17(8-3-1)20-9-6-10-22-27-24(28-29(20)22)26-19-13-12-18-16-25-30(21(18)15-19)23-11-4-5-14-31-23/h1-3,6-10,12-13,15-16,23H,4-5,11,14H2,(H,26,28). The molecule has 1 saturated heterocycles. The maximum Gasteiger partial charge on any atom is 0.247 e. The Kier molecular flexibility index (Phi) is 4.39. The summed E-state index contributed by atoms with van der Waals surface area (Å²) >= 11 is 0. The van der Waals surface area contributed by atoms with Gasteiger partial charge in [0, 0.05) is 23.2 Å². The molecule has 31 heavy (non-hydrogen) atoms. The molecule has 0 aliphatic carbocycles. The Morgan fingerprint density at radius 3 is 2.77 bits per heavy atom. The van der Waals surface area contributed by atoms with Crippen molar-refractivity contribution in [3.8, 4) is 11.3 Å². The van der Waals surface area contributed by atoms with Gasteiger partial charge in [-0.15, -0.1) is 5.10 Å². The van der Waals surface area contributed by atoms with Crippen molar-refractivity contribution in [2.45, 2.75) is 25.5 Å². The van der Waals surface area contributed by atoms with Crippen LogP contribution in [0.3, 0.4) is 0 Å². The van der Waals surface area contributed by atoms with Crippen LogP contribution in [0.5, 0.6) is 0 Å². The van der Waals surface area contributed by atoms with Crippen LogP contribution in [0.1, 0.15) is 25.5 Å². The lowest BCUT2D eigenvalue weighted by Crippen LogP contribution is -2.18. The molecule has 0 spiro atoms. The van der Waals surface area contributed by atoms with Gasteiger partial charge in [0.15, 0.2) is 11.9 Å². The second kappa shape index (κ2) is 7.52. The highest BCUT2D eigenvalue weighted by Crippen LogP contribution is 2.28. The predicted octanol–water partition coefficient (Wildman–Crippen LogP) is 5.19. The zero-order chi connectivity index (χ0) is 20.6. The number of hydrogen-bond acceptors (Lipinski definition) is 5. The number of fused-ring (bicyclic) bond motifs is 2. The minimum Gasteiger partial charge on any atom is -0.356 e. The van der Waals surface area contributed by atoms with Crippen molar-refractivity contribution >= 4 is 28.2 Å². The first-order chi connectivity index (χ1) is 15.3. The second-order valence-corrected chi connectivity index (χ2v) is 7.79. The number of pyridine rings is 1. The van der Waals surface area contributed by atoms with E-state index in [0.29, 0.717) is 5.95 Å². The molecule has 0 bridgehead atoms. The Hall–Kier alpha value is -3.71. The van der Waals surface area contributed by atoms with Crippen molar-refractivity contribution in [2.75, 3.05) is 11.9 Å². The molecule has 1 aliphatic rings. The highest BCUT2D eigenvalue weighted by molar-refractivity contribution is 5.83. The van der Waals surface area contributed by atoms with Gasteiger partial charge in [0.05, 0.1) is 17.4 Å². The first kappa shape index (κ1) is 18.1. The van der Waals surface area contributed by atoms with Gasteiger partial charge in [-0.05, 0) is 49.6 Å². The molecule has 4 heterocycles. The summed E-state index contributed by atoms with van der Waals surface area (Å²) in [4.78, 5) is 4.67. The molecule has 0 saturated carbocycles. The molecule has 1 fully saturated rings. The Morgan fingerprint density at radius 2 is 1.90 bits per heavy atom. The molecule has 7 heteroatoms. The van der Waals surface area contributed by atoms with Crippen LogP contribution in [-0.2, 0) is 4.74 Å². The zero-order valence-corrected chi connectivity index (χ0v) is 17.0. The molecule has 3 aromatic heterocycles. The third kappa shape index (κ3) is 3.33.